The third-order valence-corrected chi connectivity index (χ3v) is 4.63. The molecule has 3 rings (SSSR count). The number of halogens is 1. The van der Waals surface area contributed by atoms with E-state index in [1.807, 2.05) is 0 Å². The summed E-state index contributed by atoms with van der Waals surface area (Å²) in [7, 11) is 0. The van der Waals surface area contributed by atoms with Crippen LogP contribution in [-0.2, 0) is 0 Å². The van der Waals surface area contributed by atoms with Crippen LogP contribution in [0.5, 0.6) is 0 Å². The maximum atomic E-state index is 13.8. The van der Waals surface area contributed by atoms with Gasteiger partial charge in [0.1, 0.15) is 11.4 Å². The smallest absolute Gasteiger partial charge is 0.267 e. The molecule has 140 valence electrons. The number of thiocarbonyl (C=S) groups is 1. The molecule has 1 aromatic carbocycles. The summed E-state index contributed by atoms with van der Waals surface area (Å²) in [5.41, 5.74) is 1.66. The number of aromatic nitrogens is 1. The normalized spacial score (nSPS) is 14.5. The Morgan fingerprint density at radius 1 is 1.19 bits per heavy atom. The largest absolute Gasteiger partial charge is 0.370 e. The van der Waals surface area contributed by atoms with Crippen LogP contribution in [0.3, 0.4) is 0 Å². The second-order valence-electron chi connectivity index (χ2n) is 6.41. The van der Waals surface area contributed by atoms with Crippen LogP contribution in [0, 0.1) is 17.9 Å². The minimum absolute atomic E-state index is 0.0937. The second-order valence-corrected chi connectivity index (χ2v) is 6.82. The van der Waals surface area contributed by atoms with Gasteiger partial charge in [0.05, 0.1) is 17.6 Å². The molecule has 0 spiro atoms. The van der Waals surface area contributed by atoms with E-state index in [9.17, 15) is 9.18 Å². The first-order valence-electron chi connectivity index (χ1n) is 9.04. The average molecular weight is 384 g/mol. The first kappa shape index (κ1) is 19.1. The highest BCUT2D eigenvalue weighted by molar-refractivity contribution is 7.80. The third-order valence-electron chi connectivity index (χ3n) is 4.42. The maximum Gasteiger partial charge on any atom is 0.267 e. The molecule has 0 bridgehead atoms. The highest BCUT2D eigenvalue weighted by Gasteiger charge is 2.16. The van der Waals surface area contributed by atoms with Gasteiger partial charge in [-0.05, 0) is 49.3 Å². The van der Waals surface area contributed by atoms with Gasteiger partial charge in [0.2, 0.25) is 0 Å². The van der Waals surface area contributed by atoms with E-state index < -0.39 is 5.91 Å². The van der Waals surface area contributed by atoms with Gasteiger partial charge in [-0.2, -0.15) is 0 Å². The van der Waals surface area contributed by atoms with Crippen LogP contribution < -0.4 is 15.5 Å². The zero-order valence-electron chi connectivity index (χ0n) is 14.9. The molecular weight excluding hydrogens is 363 g/mol. The van der Waals surface area contributed by atoms with Crippen molar-refractivity contribution in [1.29, 1.82) is 0 Å². The molecule has 1 fully saturated rings. The minimum atomic E-state index is -0.443. The van der Waals surface area contributed by atoms with Crippen LogP contribution in [-0.4, -0.2) is 29.1 Å². The summed E-state index contributed by atoms with van der Waals surface area (Å²) in [6.07, 6.45) is 8.66. The number of carbonyl (C=O) groups is 1. The van der Waals surface area contributed by atoms with Crippen molar-refractivity contribution in [2.75, 3.05) is 23.3 Å². The van der Waals surface area contributed by atoms with Gasteiger partial charge in [0.15, 0.2) is 5.11 Å². The Morgan fingerprint density at radius 3 is 2.63 bits per heavy atom. The molecule has 7 heteroatoms. The Morgan fingerprint density at radius 2 is 1.93 bits per heavy atom. The van der Waals surface area contributed by atoms with E-state index in [-0.39, 0.29) is 16.5 Å². The molecule has 27 heavy (non-hydrogen) atoms. The molecule has 5 nitrogen and oxygen atoms in total. The van der Waals surface area contributed by atoms with Crippen molar-refractivity contribution in [1.82, 2.24) is 10.3 Å². The standard InChI is InChI=1S/C20H21FN4OS/c21-16-8-9-18(25-11-4-2-1-3-5-12-25)17(13-16)23-20(27)24-19(26)15-7-6-10-22-14-15/h8-10,13-14H,1-5,11-12H2,(H2,23,24,26,27). The lowest BCUT2D eigenvalue weighted by Crippen LogP contribution is -2.35. The summed E-state index contributed by atoms with van der Waals surface area (Å²) in [5.74, 6) is -0.807. The van der Waals surface area contributed by atoms with Gasteiger partial charge >= 0.3 is 0 Å². The SMILES string of the molecule is O=C(NC(=S)Nc1cc(F)ccc1N1CCCCCCC1)c1c#ccnc1. The number of hydrogen-bond acceptors (Lipinski definition) is 4. The van der Waals surface area contributed by atoms with Crippen molar-refractivity contribution < 1.29 is 9.18 Å². The molecule has 1 aliphatic rings. The zero-order valence-corrected chi connectivity index (χ0v) is 15.7. The number of nitrogens with zero attached hydrogens (tertiary/aromatic N) is 2. The first-order valence-corrected chi connectivity index (χ1v) is 9.44. The molecule has 0 radical (unpaired) electrons. The van der Waals surface area contributed by atoms with Crippen molar-refractivity contribution >= 4 is 34.6 Å². The fraction of sp³-hybridized carbons (Fsp3) is 0.350. The van der Waals surface area contributed by atoms with Crippen molar-refractivity contribution in [3.8, 4) is 0 Å². The number of benzene rings is 1. The monoisotopic (exact) mass is 384 g/mol. The molecule has 2 heterocycles. The Balaban J connectivity index is 1.72. The fourth-order valence-corrected chi connectivity index (χ4v) is 3.31. The maximum absolute atomic E-state index is 13.8. The molecular formula is C20H21FN4OS. The lowest BCUT2D eigenvalue weighted by Gasteiger charge is -2.29. The molecule has 1 aliphatic heterocycles. The number of hydrogen-bond donors (Lipinski definition) is 2. The average Bonchev–Trinajstić information content (AvgIpc) is 2.63. The Labute approximate surface area is 164 Å². The zero-order chi connectivity index (χ0) is 19.1. The highest BCUT2D eigenvalue weighted by Crippen LogP contribution is 2.28. The summed E-state index contributed by atoms with van der Waals surface area (Å²) in [6, 6.07) is 9.89. The minimum Gasteiger partial charge on any atom is -0.370 e. The van der Waals surface area contributed by atoms with Crippen LogP contribution in [0.1, 0.15) is 42.5 Å². The third kappa shape index (κ3) is 5.38. The number of anilines is 2. The quantitative estimate of drug-likeness (QED) is 0.790. The predicted molar refractivity (Wildman–Crippen MR) is 107 cm³/mol. The van der Waals surface area contributed by atoms with Gasteiger partial charge in [0, 0.05) is 19.3 Å². The number of carbonyl (C=O) groups excluding carboxylic acids is 1. The van der Waals surface area contributed by atoms with Crippen LogP contribution in [0.15, 0.2) is 30.6 Å². The summed E-state index contributed by atoms with van der Waals surface area (Å²) in [6.45, 7) is 1.83. The van der Waals surface area contributed by atoms with Crippen LogP contribution in [0.2, 0.25) is 0 Å². The highest BCUT2D eigenvalue weighted by atomic mass is 32.1. The molecule has 0 aliphatic carbocycles. The molecule has 0 saturated carbocycles. The van der Waals surface area contributed by atoms with Crippen molar-refractivity contribution in [2.45, 2.75) is 32.1 Å². The fourth-order valence-electron chi connectivity index (χ4n) is 3.10. The number of rotatable bonds is 3. The van der Waals surface area contributed by atoms with Crippen molar-refractivity contribution in [3.05, 3.63) is 54.1 Å². The lowest BCUT2D eigenvalue weighted by atomic mass is 10.1. The van der Waals surface area contributed by atoms with E-state index in [2.05, 4.69) is 32.7 Å². The summed E-state index contributed by atoms with van der Waals surface area (Å²) in [5, 5.41) is 5.62. The second kappa shape index (κ2) is 9.28. The van der Waals surface area contributed by atoms with E-state index >= 15 is 0 Å². The number of amides is 1. The first-order chi connectivity index (χ1) is 13.1. The van der Waals surface area contributed by atoms with Crippen LogP contribution in [0.4, 0.5) is 15.8 Å². The van der Waals surface area contributed by atoms with Crippen LogP contribution >= 0.6 is 12.2 Å². The lowest BCUT2D eigenvalue weighted by molar-refractivity contribution is 0.0977. The molecule has 1 amide bonds. The summed E-state index contributed by atoms with van der Waals surface area (Å²) in [4.78, 5) is 18.2. The Hall–Kier alpha value is -2.72. The van der Waals surface area contributed by atoms with Gasteiger partial charge in [-0.25, -0.2) is 4.39 Å². The molecule has 2 N–H and O–H groups in total. The Kier molecular flexibility index (Phi) is 6.55. The van der Waals surface area contributed by atoms with Crippen molar-refractivity contribution in [3.63, 3.8) is 0 Å². The molecule has 2 aromatic rings. The van der Waals surface area contributed by atoms with Crippen LogP contribution in [0.25, 0.3) is 0 Å². The van der Waals surface area contributed by atoms with Crippen molar-refractivity contribution in [2.24, 2.45) is 0 Å². The molecule has 0 atom stereocenters. The summed E-state index contributed by atoms with van der Waals surface area (Å²) < 4.78 is 13.8. The van der Waals surface area contributed by atoms with E-state index in [4.69, 9.17) is 12.2 Å². The van der Waals surface area contributed by atoms with Gasteiger partial charge in [-0.1, -0.05) is 25.3 Å². The molecule has 0 unspecified atom stereocenters. The topological polar surface area (TPSA) is 57.3 Å². The van der Waals surface area contributed by atoms with E-state index in [0.29, 0.717) is 5.69 Å². The predicted octanol–water partition coefficient (Wildman–Crippen LogP) is 3.72. The van der Waals surface area contributed by atoms with Gasteiger partial charge in [-0.15, -0.1) is 0 Å². The van der Waals surface area contributed by atoms with Gasteiger partial charge in [-0.3, -0.25) is 15.1 Å². The summed E-state index contributed by atoms with van der Waals surface area (Å²) >= 11 is 5.24. The Bertz CT molecular complexity index is 792. The van der Waals surface area contributed by atoms with E-state index in [1.165, 1.54) is 43.8 Å². The molecule has 1 aromatic heterocycles. The van der Waals surface area contributed by atoms with Gasteiger partial charge < -0.3 is 10.2 Å². The van der Waals surface area contributed by atoms with E-state index in [1.54, 1.807) is 6.07 Å². The van der Waals surface area contributed by atoms with Gasteiger partial charge in [0.25, 0.3) is 5.91 Å². The van der Waals surface area contributed by atoms with E-state index in [0.717, 1.165) is 31.6 Å². The number of nitrogens with one attached hydrogen (secondary N) is 2. The molecule has 1 saturated heterocycles.